The second-order valence-corrected chi connectivity index (χ2v) is 4.41. The van der Waals surface area contributed by atoms with Crippen molar-refractivity contribution >= 4 is 0 Å². The average Bonchev–Trinajstić information content (AvgIpc) is 2.67. The number of aromatic nitrogens is 2. The van der Waals surface area contributed by atoms with Gasteiger partial charge in [-0.3, -0.25) is 0 Å². The van der Waals surface area contributed by atoms with E-state index in [1.807, 2.05) is 24.4 Å². The first-order valence-electron chi connectivity index (χ1n) is 6.28. The Morgan fingerprint density at radius 1 is 1.28 bits per heavy atom. The van der Waals surface area contributed by atoms with Crippen LogP contribution >= 0.6 is 0 Å². The lowest BCUT2D eigenvalue weighted by atomic mass is 10.1. The third-order valence-electron chi connectivity index (χ3n) is 3.36. The summed E-state index contributed by atoms with van der Waals surface area (Å²) in [6.07, 6.45) is 2.94. The maximum atomic E-state index is 5.43. The van der Waals surface area contributed by atoms with Crippen molar-refractivity contribution in [3.8, 4) is 17.0 Å². The van der Waals surface area contributed by atoms with E-state index in [1.165, 1.54) is 0 Å². The van der Waals surface area contributed by atoms with Crippen LogP contribution in [0.3, 0.4) is 0 Å². The fraction of sp³-hybridized carbons (Fsp3) is 0.357. The molecule has 0 fully saturated rings. The Hall–Kier alpha value is -1.81. The van der Waals surface area contributed by atoms with Gasteiger partial charge in [0.25, 0.3) is 0 Å². The smallest absolute Gasteiger partial charge is 0.128 e. The van der Waals surface area contributed by atoms with Crippen molar-refractivity contribution in [2.24, 2.45) is 0 Å². The predicted octanol–water partition coefficient (Wildman–Crippen LogP) is 1.70. The molecule has 0 unspecified atom stereocenters. The van der Waals surface area contributed by atoms with Crippen LogP contribution in [0.25, 0.3) is 11.3 Å². The Balaban J connectivity index is 2.09. The molecule has 4 nitrogen and oxygen atoms in total. The number of rotatable bonds is 2. The zero-order chi connectivity index (χ0) is 12.4. The largest absolute Gasteiger partial charge is 0.496 e. The van der Waals surface area contributed by atoms with Crippen LogP contribution in [0.15, 0.2) is 30.5 Å². The number of hydrogen-bond acceptors (Lipinski definition) is 3. The van der Waals surface area contributed by atoms with Crippen molar-refractivity contribution in [3.05, 3.63) is 36.3 Å². The molecule has 0 saturated carbocycles. The second kappa shape index (κ2) is 4.82. The number of ether oxygens (including phenoxy) is 1. The van der Waals surface area contributed by atoms with Crippen LogP contribution < -0.4 is 10.1 Å². The second-order valence-electron chi connectivity index (χ2n) is 4.41. The Labute approximate surface area is 107 Å². The molecule has 1 N–H and O–H groups in total. The van der Waals surface area contributed by atoms with Gasteiger partial charge in [0.1, 0.15) is 11.6 Å². The van der Waals surface area contributed by atoms with Gasteiger partial charge in [-0.15, -0.1) is 0 Å². The van der Waals surface area contributed by atoms with Gasteiger partial charge in [0.15, 0.2) is 0 Å². The van der Waals surface area contributed by atoms with E-state index in [9.17, 15) is 0 Å². The minimum atomic E-state index is 0.900. The van der Waals surface area contributed by atoms with Crippen LogP contribution in [0.4, 0.5) is 0 Å². The molecule has 1 aliphatic rings. The van der Waals surface area contributed by atoms with Crippen LogP contribution in [0, 0.1) is 0 Å². The molecule has 94 valence electrons. The Morgan fingerprint density at radius 2 is 2.17 bits per heavy atom. The van der Waals surface area contributed by atoms with Crippen LogP contribution in [-0.2, 0) is 13.0 Å². The van der Waals surface area contributed by atoms with E-state index in [4.69, 9.17) is 4.74 Å². The summed E-state index contributed by atoms with van der Waals surface area (Å²) in [7, 11) is 1.71. The highest BCUT2D eigenvalue weighted by molar-refractivity contribution is 5.67. The number of hydrogen-bond donors (Lipinski definition) is 1. The number of nitrogens with one attached hydrogen (secondary N) is 1. The lowest BCUT2D eigenvalue weighted by Gasteiger charge is -2.11. The number of para-hydroxylation sites is 1. The summed E-state index contributed by atoms with van der Waals surface area (Å²) in [4.78, 5) is 4.54. The lowest BCUT2D eigenvalue weighted by molar-refractivity contribution is 0.416. The highest BCUT2D eigenvalue weighted by Gasteiger charge is 2.16. The number of benzene rings is 1. The molecular formula is C14H17N3O. The van der Waals surface area contributed by atoms with Crippen molar-refractivity contribution in [3.63, 3.8) is 0 Å². The van der Waals surface area contributed by atoms with Crippen LogP contribution in [0.1, 0.15) is 5.82 Å². The first-order chi connectivity index (χ1) is 8.90. The summed E-state index contributed by atoms with van der Waals surface area (Å²) in [5, 5.41) is 3.40. The molecule has 3 rings (SSSR count). The molecule has 0 bridgehead atoms. The van der Waals surface area contributed by atoms with Gasteiger partial charge in [0.05, 0.1) is 19.0 Å². The highest BCUT2D eigenvalue weighted by Crippen LogP contribution is 2.30. The van der Waals surface area contributed by atoms with Crippen molar-refractivity contribution in [1.82, 2.24) is 14.9 Å². The average molecular weight is 243 g/mol. The lowest BCUT2D eigenvalue weighted by Crippen LogP contribution is -2.17. The highest BCUT2D eigenvalue weighted by atomic mass is 16.5. The third kappa shape index (κ3) is 1.88. The summed E-state index contributed by atoms with van der Waals surface area (Å²) in [6.45, 7) is 2.95. The maximum absolute atomic E-state index is 5.43. The molecule has 4 heteroatoms. The Bertz CT molecular complexity index is 548. The number of imidazole rings is 1. The minimum Gasteiger partial charge on any atom is -0.496 e. The molecule has 0 spiro atoms. The molecule has 1 aromatic carbocycles. The molecule has 0 atom stereocenters. The summed E-state index contributed by atoms with van der Waals surface area (Å²) < 4.78 is 7.72. The van der Waals surface area contributed by atoms with Crippen LogP contribution in [0.5, 0.6) is 5.75 Å². The zero-order valence-corrected chi connectivity index (χ0v) is 10.5. The molecule has 0 radical (unpaired) electrons. The van der Waals surface area contributed by atoms with Gasteiger partial charge in [-0.1, -0.05) is 12.1 Å². The number of nitrogens with zero attached hydrogens (tertiary/aromatic N) is 2. The van der Waals surface area contributed by atoms with E-state index in [2.05, 4.69) is 20.9 Å². The topological polar surface area (TPSA) is 39.1 Å². The molecule has 1 aromatic heterocycles. The van der Waals surface area contributed by atoms with Crippen molar-refractivity contribution < 1.29 is 4.74 Å². The monoisotopic (exact) mass is 243 g/mol. The van der Waals surface area contributed by atoms with Gasteiger partial charge < -0.3 is 14.6 Å². The fourth-order valence-corrected chi connectivity index (χ4v) is 2.45. The minimum absolute atomic E-state index is 0.900. The quantitative estimate of drug-likeness (QED) is 0.872. The van der Waals surface area contributed by atoms with Crippen molar-refractivity contribution in [1.29, 1.82) is 0 Å². The maximum Gasteiger partial charge on any atom is 0.128 e. The summed E-state index contributed by atoms with van der Waals surface area (Å²) >= 11 is 0. The third-order valence-corrected chi connectivity index (χ3v) is 3.36. The Morgan fingerprint density at radius 3 is 3.06 bits per heavy atom. The Kier molecular flexibility index (Phi) is 3.02. The molecule has 1 aliphatic heterocycles. The number of fused-ring (bicyclic) bond motifs is 1. The van der Waals surface area contributed by atoms with Gasteiger partial charge in [-0.25, -0.2) is 4.98 Å². The van der Waals surface area contributed by atoms with Crippen molar-refractivity contribution in [2.75, 3.05) is 20.2 Å². The SMILES string of the molecule is COc1ccccc1-c1cnc2n1CCNCC2. The summed E-state index contributed by atoms with van der Waals surface area (Å²) in [5.41, 5.74) is 2.26. The van der Waals surface area contributed by atoms with E-state index >= 15 is 0 Å². The normalized spacial score (nSPS) is 14.9. The summed E-state index contributed by atoms with van der Waals surface area (Å²) in [6, 6.07) is 8.10. The van der Waals surface area contributed by atoms with Gasteiger partial charge >= 0.3 is 0 Å². The van der Waals surface area contributed by atoms with E-state index in [1.54, 1.807) is 7.11 Å². The first-order valence-corrected chi connectivity index (χ1v) is 6.28. The number of methoxy groups -OCH3 is 1. The molecule has 2 aromatic rings. The molecule has 0 amide bonds. The van der Waals surface area contributed by atoms with E-state index in [0.717, 1.165) is 48.9 Å². The van der Waals surface area contributed by atoms with Gasteiger partial charge in [-0.05, 0) is 12.1 Å². The molecule has 2 heterocycles. The molecule has 0 aliphatic carbocycles. The fourth-order valence-electron chi connectivity index (χ4n) is 2.45. The first kappa shape index (κ1) is 11.3. The molecular weight excluding hydrogens is 226 g/mol. The van der Waals surface area contributed by atoms with E-state index < -0.39 is 0 Å². The molecule has 0 saturated heterocycles. The van der Waals surface area contributed by atoms with Gasteiger partial charge in [0.2, 0.25) is 0 Å². The molecule has 18 heavy (non-hydrogen) atoms. The van der Waals surface area contributed by atoms with Crippen LogP contribution in [0.2, 0.25) is 0 Å². The van der Waals surface area contributed by atoms with Crippen LogP contribution in [-0.4, -0.2) is 29.8 Å². The van der Waals surface area contributed by atoms with Crippen molar-refractivity contribution in [2.45, 2.75) is 13.0 Å². The van der Waals surface area contributed by atoms with E-state index in [0.29, 0.717) is 0 Å². The summed E-state index contributed by atoms with van der Waals surface area (Å²) in [5.74, 6) is 2.05. The van der Waals surface area contributed by atoms with Gasteiger partial charge in [0, 0.05) is 31.6 Å². The zero-order valence-electron chi connectivity index (χ0n) is 10.5. The predicted molar refractivity (Wildman–Crippen MR) is 70.8 cm³/mol. The standard InChI is InChI=1S/C14H17N3O/c1-18-13-5-3-2-4-11(13)12-10-16-14-6-7-15-8-9-17(12)14/h2-5,10,15H,6-9H2,1H3. The van der Waals surface area contributed by atoms with E-state index in [-0.39, 0.29) is 0 Å². The van der Waals surface area contributed by atoms with Gasteiger partial charge in [-0.2, -0.15) is 0 Å².